The molecule has 1 rings (SSSR count). The van der Waals surface area contributed by atoms with Crippen molar-refractivity contribution in [3.8, 4) is 0 Å². The highest BCUT2D eigenvalue weighted by atomic mass is 32.2. The molecule has 1 aliphatic heterocycles. The Kier molecular flexibility index (Phi) is 5.17. The zero-order valence-corrected chi connectivity index (χ0v) is 11.1. The molecule has 0 aromatic carbocycles. The third kappa shape index (κ3) is 3.69. The van der Waals surface area contributed by atoms with Crippen molar-refractivity contribution in [1.29, 1.82) is 0 Å². The van der Waals surface area contributed by atoms with E-state index in [0.717, 1.165) is 25.9 Å². The number of methoxy groups -OCH3 is 1. The molecule has 0 aromatic rings. The first-order valence-corrected chi connectivity index (χ1v) is 7.27. The highest BCUT2D eigenvalue weighted by Gasteiger charge is 2.28. The number of nitrogens with one attached hydrogen (secondary N) is 1. The van der Waals surface area contributed by atoms with Crippen LogP contribution < -0.4 is 5.32 Å². The third-order valence-corrected chi connectivity index (χ3v) is 5.18. The van der Waals surface area contributed by atoms with Gasteiger partial charge < -0.3 is 10.1 Å². The maximum Gasteiger partial charge on any atom is 0.216 e. The van der Waals surface area contributed by atoms with E-state index in [-0.39, 0.29) is 17.9 Å². The molecule has 0 amide bonds. The van der Waals surface area contributed by atoms with E-state index in [1.807, 2.05) is 0 Å². The molecule has 1 heterocycles. The van der Waals surface area contributed by atoms with E-state index in [9.17, 15) is 8.42 Å². The van der Waals surface area contributed by atoms with Gasteiger partial charge in [-0.3, -0.25) is 0 Å². The lowest BCUT2D eigenvalue weighted by atomic mass is 10.1. The van der Waals surface area contributed by atoms with Crippen molar-refractivity contribution >= 4 is 10.0 Å². The predicted octanol–water partition coefficient (Wildman–Crippen LogP) is 0.0349. The molecule has 1 atom stereocenters. The van der Waals surface area contributed by atoms with Gasteiger partial charge in [-0.15, -0.1) is 0 Å². The van der Waals surface area contributed by atoms with Gasteiger partial charge in [0.1, 0.15) is 0 Å². The van der Waals surface area contributed by atoms with Gasteiger partial charge in [-0.05, 0) is 32.9 Å². The van der Waals surface area contributed by atoms with Gasteiger partial charge in [0.25, 0.3) is 0 Å². The van der Waals surface area contributed by atoms with Crippen LogP contribution in [0, 0.1) is 0 Å². The monoisotopic (exact) mass is 250 g/mol. The van der Waals surface area contributed by atoms with Gasteiger partial charge in [0.15, 0.2) is 0 Å². The number of rotatable bonds is 5. The largest absolute Gasteiger partial charge is 0.381 e. The van der Waals surface area contributed by atoms with Crippen LogP contribution in [-0.2, 0) is 14.8 Å². The van der Waals surface area contributed by atoms with E-state index < -0.39 is 10.0 Å². The molecule has 96 valence electrons. The van der Waals surface area contributed by atoms with Crippen LogP contribution in [0.4, 0.5) is 0 Å². The highest BCUT2D eigenvalue weighted by Crippen LogP contribution is 2.15. The summed E-state index contributed by atoms with van der Waals surface area (Å²) < 4.78 is 30.6. The summed E-state index contributed by atoms with van der Waals surface area (Å²) in [5.41, 5.74) is 0. The van der Waals surface area contributed by atoms with E-state index in [1.165, 1.54) is 11.4 Å². The topological polar surface area (TPSA) is 58.6 Å². The van der Waals surface area contributed by atoms with Gasteiger partial charge >= 0.3 is 0 Å². The van der Waals surface area contributed by atoms with Crippen LogP contribution in [0.25, 0.3) is 0 Å². The Bertz CT molecular complexity index is 299. The Morgan fingerprint density at radius 1 is 1.44 bits per heavy atom. The average molecular weight is 250 g/mol. The number of nitrogens with zero attached hydrogens (tertiary/aromatic N) is 1. The molecule has 0 spiro atoms. The van der Waals surface area contributed by atoms with Crippen molar-refractivity contribution in [1.82, 2.24) is 9.62 Å². The molecular formula is C10H22N2O3S. The van der Waals surface area contributed by atoms with Crippen LogP contribution in [0.5, 0.6) is 0 Å². The van der Waals surface area contributed by atoms with Crippen LogP contribution in [0.15, 0.2) is 0 Å². The summed E-state index contributed by atoms with van der Waals surface area (Å²) in [6.07, 6.45) is 1.52. The van der Waals surface area contributed by atoms with Crippen molar-refractivity contribution in [3.05, 3.63) is 0 Å². The van der Waals surface area contributed by atoms with Crippen LogP contribution >= 0.6 is 0 Å². The lowest BCUT2D eigenvalue weighted by molar-refractivity contribution is 0.134. The summed E-state index contributed by atoms with van der Waals surface area (Å²) in [6.45, 7) is 3.56. The maximum atomic E-state index is 12.0. The SMILES string of the molecule is COC(C)CS(=O)(=O)N(C)C1CCNCC1. The molecule has 0 bridgehead atoms. The fourth-order valence-electron chi connectivity index (χ4n) is 1.88. The molecule has 0 radical (unpaired) electrons. The van der Waals surface area contributed by atoms with Gasteiger partial charge in [0, 0.05) is 20.2 Å². The lowest BCUT2D eigenvalue weighted by Gasteiger charge is -2.31. The minimum absolute atomic E-state index is 0.0595. The molecule has 5 nitrogen and oxygen atoms in total. The smallest absolute Gasteiger partial charge is 0.216 e. The predicted molar refractivity (Wildman–Crippen MR) is 63.9 cm³/mol. The van der Waals surface area contributed by atoms with E-state index in [1.54, 1.807) is 14.0 Å². The first-order chi connectivity index (χ1) is 7.47. The van der Waals surface area contributed by atoms with Crippen LogP contribution in [0.3, 0.4) is 0 Å². The summed E-state index contributed by atoms with van der Waals surface area (Å²) in [4.78, 5) is 0. The van der Waals surface area contributed by atoms with Gasteiger partial charge in [-0.2, -0.15) is 0 Å². The molecule has 1 N–H and O–H groups in total. The van der Waals surface area contributed by atoms with Crippen LogP contribution in [-0.4, -0.2) is 57.9 Å². The summed E-state index contributed by atoms with van der Waals surface area (Å²) >= 11 is 0. The quantitative estimate of drug-likeness (QED) is 0.748. The maximum absolute atomic E-state index is 12.0. The fraction of sp³-hybridized carbons (Fsp3) is 1.00. The zero-order chi connectivity index (χ0) is 12.2. The van der Waals surface area contributed by atoms with Crippen molar-refractivity contribution in [2.24, 2.45) is 0 Å². The summed E-state index contributed by atoms with van der Waals surface area (Å²) in [5.74, 6) is 0.0595. The number of sulfonamides is 1. The molecule has 6 heteroatoms. The van der Waals surface area contributed by atoms with Crippen LogP contribution in [0.2, 0.25) is 0 Å². The normalized spacial score (nSPS) is 21.2. The van der Waals surface area contributed by atoms with Crippen molar-refractivity contribution in [2.45, 2.75) is 31.9 Å². The second-order valence-electron chi connectivity index (χ2n) is 4.32. The van der Waals surface area contributed by atoms with Crippen molar-refractivity contribution in [3.63, 3.8) is 0 Å². The molecule has 1 saturated heterocycles. The number of hydrogen-bond acceptors (Lipinski definition) is 4. The lowest BCUT2D eigenvalue weighted by Crippen LogP contribution is -2.45. The van der Waals surface area contributed by atoms with Gasteiger partial charge in [-0.25, -0.2) is 12.7 Å². The second kappa shape index (κ2) is 5.95. The first-order valence-electron chi connectivity index (χ1n) is 5.66. The average Bonchev–Trinajstić information content (AvgIpc) is 2.28. The van der Waals surface area contributed by atoms with Crippen molar-refractivity contribution < 1.29 is 13.2 Å². The molecule has 1 fully saturated rings. The Balaban J connectivity index is 2.59. The Labute approximate surface area is 98.2 Å². The Morgan fingerprint density at radius 3 is 2.50 bits per heavy atom. The summed E-state index contributed by atoms with van der Waals surface area (Å²) in [5, 5.41) is 3.23. The molecule has 1 unspecified atom stereocenters. The second-order valence-corrected chi connectivity index (χ2v) is 6.40. The number of piperidine rings is 1. The molecule has 0 saturated carbocycles. The molecule has 0 aliphatic carbocycles. The van der Waals surface area contributed by atoms with E-state index >= 15 is 0 Å². The molecule has 1 aliphatic rings. The van der Waals surface area contributed by atoms with Gasteiger partial charge in [-0.1, -0.05) is 0 Å². The minimum atomic E-state index is -3.19. The standard InChI is InChI=1S/C10H22N2O3S/c1-9(15-3)8-16(13,14)12(2)10-4-6-11-7-5-10/h9-11H,4-8H2,1-3H3. The van der Waals surface area contributed by atoms with E-state index in [2.05, 4.69) is 5.32 Å². The summed E-state index contributed by atoms with van der Waals surface area (Å²) in [6, 6.07) is 0.135. The third-order valence-electron chi connectivity index (χ3n) is 3.11. The van der Waals surface area contributed by atoms with E-state index in [4.69, 9.17) is 4.74 Å². The van der Waals surface area contributed by atoms with Crippen molar-refractivity contribution in [2.75, 3.05) is 33.0 Å². The Morgan fingerprint density at radius 2 is 2.00 bits per heavy atom. The first kappa shape index (κ1) is 13.9. The minimum Gasteiger partial charge on any atom is -0.381 e. The fourth-order valence-corrected chi connectivity index (χ4v) is 3.51. The summed E-state index contributed by atoms with van der Waals surface area (Å²) in [7, 11) is 0.0161. The van der Waals surface area contributed by atoms with E-state index in [0.29, 0.717) is 0 Å². The number of ether oxygens (including phenoxy) is 1. The molecular weight excluding hydrogens is 228 g/mol. The Hall–Kier alpha value is -0.170. The zero-order valence-electron chi connectivity index (χ0n) is 10.3. The highest BCUT2D eigenvalue weighted by molar-refractivity contribution is 7.89. The molecule has 0 aromatic heterocycles. The number of hydrogen-bond donors (Lipinski definition) is 1. The van der Waals surface area contributed by atoms with Crippen LogP contribution in [0.1, 0.15) is 19.8 Å². The van der Waals surface area contributed by atoms with Gasteiger partial charge in [0.05, 0.1) is 11.9 Å². The van der Waals surface area contributed by atoms with Gasteiger partial charge in [0.2, 0.25) is 10.0 Å². The molecule has 16 heavy (non-hydrogen) atoms.